The van der Waals surface area contributed by atoms with Gasteiger partial charge in [0.2, 0.25) is 11.8 Å². The van der Waals surface area contributed by atoms with Gasteiger partial charge in [-0.25, -0.2) is 4.39 Å². The molecule has 1 aromatic carbocycles. The van der Waals surface area contributed by atoms with Crippen molar-refractivity contribution in [2.75, 3.05) is 40.3 Å². The fourth-order valence-corrected chi connectivity index (χ4v) is 4.28. The second-order valence-corrected chi connectivity index (χ2v) is 8.07. The van der Waals surface area contributed by atoms with E-state index in [0.29, 0.717) is 31.0 Å². The van der Waals surface area contributed by atoms with Crippen molar-refractivity contribution in [3.05, 3.63) is 41.7 Å². The molecule has 0 bridgehead atoms. The second kappa shape index (κ2) is 9.32. The molecule has 6 heteroatoms. The molecule has 0 N–H and O–H groups in total. The Labute approximate surface area is 166 Å². The van der Waals surface area contributed by atoms with Gasteiger partial charge >= 0.3 is 0 Å². The van der Waals surface area contributed by atoms with Crippen molar-refractivity contribution in [2.45, 2.75) is 31.7 Å². The van der Waals surface area contributed by atoms with Crippen LogP contribution in [0.1, 0.15) is 31.2 Å². The van der Waals surface area contributed by atoms with E-state index in [0.717, 1.165) is 32.4 Å². The summed E-state index contributed by atoms with van der Waals surface area (Å²) in [6.45, 7) is 3.11. The summed E-state index contributed by atoms with van der Waals surface area (Å²) in [5.41, 5.74) is 0.679. The lowest BCUT2D eigenvalue weighted by Gasteiger charge is -2.47. The van der Waals surface area contributed by atoms with Gasteiger partial charge in [-0.15, -0.1) is 0 Å². The summed E-state index contributed by atoms with van der Waals surface area (Å²) < 4.78 is 13.3. The number of carbonyl (C=O) groups excluding carboxylic acids is 2. The molecule has 0 unspecified atom stereocenters. The number of likely N-dealkylation sites (tertiary alicyclic amines) is 2. The maximum Gasteiger partial charge on any atom is 0.246 e. The highest BCUT2D eigenvalue weighted by molar-refractivity contribution is 5.92. The molecule has 0 radical (unpaired) electrons. The van der Waals surface area contributed by atoms with Crippen molar-refractivity contribution in [1.82, 2.24) is 14.7 Å². The first-order valence-corrected chi connectivity index (χ1v) is 10.1. The Bertz CT molecular complexity index is 734. The zero-order valence-electron chi connectivity index (χ0n) is 16.8. The number of carbonyl (C=O) groups is 2. The summed E-state index contributed by atoms with van der Waals surface area (Å²) in [5.74, 6) is 0.249. The molecule has 0 aromatic heterocycles. The van der Waals surface area contributed by atoms with Gasteiger partial charge in [-0.05, 0) is 69.6 Å². The molecule has 28 heavy (non-hydrogen) atoms. The Morgan fingerprint density at radius 3 is 2.89 bits per heavy atom. The van der Waals surface area contributed by atoms with Crippen LogP contribution in [0.25, 0.3) is 6.08 Å². The van der Waals surface area contributed by atoms with Crippen molar-refractivity contribution in [3.8, 4) is 0 Å². The molecule has 2 aliphatic rings. The van der Waals surface area contributed by atoms with E-state index in [1.807, 2.05) is 19.0 Å². The average molecular weight is 387 g/mol. The minimum absolute atomic E-state index is 0.0428. The predicted octanol–water partition coefficient (Wildman–Crippen LogP) is 2.63. The van der Waals surface area contributed by atoms with Crippen LogP contribution in [-0.2, 0) is 9.59 Å². The molecule has 0 spiro atoms. The van der Waals surface area contributed by atoms with Crippen LogP contribution in [0, 0.1) is 11.7 Å². The third-order valence-electron chi connectivity index (χ3n) is 5.73. The summed E-state index contributed by atoms with van der Waals surface area (Å²) in [6, 6.07) is 6.46. The Kier molecular flexibility index (Phi) is 6.83. The second-order valence-electron chi connectivity index (χ2n) is 8.07. The van der Waals surface area contributed by atoms with Gasteiger partial charge in [0, 0.05) is 38.2 Å². The van der Waals surface area contributed by atoms with Crippen molar-refractivity contribution >= 4 is 17.9 Å². The van der Waals surface area contributed by atoms with Crippen molar-refractivity contribution in [2.24, 2.45) is 5.92 Å². The van der Waals surface area contributed by atoms with Gasteiger partial charge in [0.25, 0.3) is 0 Å². The number of piperidine rings is 2. The molecule has 2 aliphatic heterocycles. The molecule has 0 aliphatic carbocycles. The SMILES string of the molecule is CN(C)CCCN1C(=O)CC[C@@H]2CN(C(=O)/C=C/c3cccc(F)c3)CC[C@@H]21. The molecular formula is C22H30FN3O2. The number of nitrogens with zero attached hydrogens (tertiary/aromatic N) is 3. The van der Waals surface area contributed by atoms with E-state index in [2.05, 4.69) is 9.80 Å². The first-order valence-electron chi connectivity index (χ1n) is 10.1. The lowest BCUT2D eigenvalue weighted by atomic mass is 9.83. The molecule has 1 aromatic rings. The van der Waals surface area contributed by atoms with E-state index in [-0.39, 0.29) is 23.7 Å². The number of hydrogen-bond acceptors (Lipinski definition) is 3. The Balaban J connectivity index is 1.57. The van der Waals surface area contributed by atoms with Crippen LogP contribution in [0.2, 0.25) is 0 Å². The fourth-order valence-electron chi connectivity index (χ4n) is 4.28. The first-order chi connectivity index (χ1) is 13.4. The first kappa shape index (κ1) is 20.5. The monoisotopic (exact) mass is 387 g/mol. The summed E-state index contributed by atoms with van der Waals surface area (Å²) in [6.07, 6.45) is 6.42. The van der Waals surface area contributed by atoms with Gasteiger partial charge < -0.3 is 14.7 Å². The van der Waals surface area contributed by atoms with Gasteiger partial charge in [0.05, 0.1) is 0 Å². The van der Waals surface area contributed by atoms with Crippen LogP contribution < -0.4 is 0 Å². The number of rotatable bonds is 6. The number of halogens is 1. The third-order valence-corrected chi connectivity index (χ3v) is 5.73. The van der Waals surface area contributed by atoms with Crippen LogP contribution in [0.5, 0.6) is 0 Å². The van der Waals surface area contributed by atoms with E-state index in [1.54, 1.807) is 18.2 Å². The smallest absolute Gasteiger partial charge is 0.246 e. The summed E-state index contributed by atoms with van der Waals surface area (Å²) in [7, 11) is 4.09. The summed E-state index contributed by atoms with van der Waals surface area (Å²) >= 11 is 0. The highest BCUT2D eigenvalue weighted by Gasteiger charge is 2.39. The van der Waals surface area contributed by atoms with Crippen LogP contribution in [0.15, 0.2) is 30.3 Å². The minimum atomic E-state index is -0.309. The van der Waals surface area contributed by atoms with Crippen LogP contribution in [0.3, 0.4) is 0 Å². The molecule has 2 atom stereocenters. The molecule has 5 nitrogen and oxygen atoms in total. The normalized spacial score (nSPS) is 22.8. The third kappa shape index (κ3) is 5.19. The summed E-state index contributed by atoms with van der Waals surface area (Å²) in [5, 5.41) is 0. The topological polar surface area (TPSA) is 43.9 Å². The van der Waals surface area contributed by atoms with Gasteiger partial charge in [-0.3, -0.25) is 9.59 Å². The number of hydrogen-bond donors (Lipinski definition) is 0. The summed E-state index contributed by atoms with van der Waals surface area (Å²) in [4.78, 5) is 31.1. The molecule has 2 saturated heterocycles. The zero-order chi connectivity index (χ0) is 20.1. The van der Waals surface area contributed by atoms with Gasteiger partial charge in [0.15, 0.2) is 0 Å². The lowest BCUT2D eigenvalue weighted by Crippen LogP contribution is -2.57. The lowest BCUT2D eigenvalue weighted by molar-refractivity contribution is -0.143. The standard InChI is InChI=1S/C22H30FN3O2/c1-24(2)12-4-13-26-20-11-14-25(16-18(20)8-10-22(26)28)21(27)9-7-17-5-3-6-19(23)15-17/h3,5-7,9,15,18,20H,4,8,10-14,16H2,1-2H3/b9-7+/t18-,20+/m1/s1. The van der Waals surface area contributed by atoms with E-state index >= 15 is 0 Å². The Morgan fingerprint density at radius 1 is 1.32 bits per heavy atom. The van der Waals surface area contributed by atoms with Crippen LogP contribution >= 0.6 is 0 Å². The van der Waals surface area contributed by atoms with Gasteiger partial charge in [0.1, 0.15) is 5.82 Å². The molecule has 0 saturated carbocycles. The molecular weight excluding hydrogens is 357 g/mol. The van der Waals surface area contributed by atoms with Crippen LogP contribution in [-0.4, -0.2) is 72.8 Å². The number of benzene rings is 1. The number of amides is 2. The largest absolute Gasteiger partial charge is 0.339 e. The van der Waals surface area contributed by atoms with Gasteiger partial charge in [-0.1, -0.05) is 12.1 Å². The van der Waals surface area contributed by atoms with Crippen molar-refractivity contribution < 1.29 is 14.0 Å². The highest BCUT2D eigenvalue weighted by Crippen LogP contribution is 2.31. The van der Waals surface area contributed by atoms with E-state index < -0.39 is 0 Å². The molecule has 2 heterocycles. The quantitative estimate of drug-likeness (QED) is 0.705. The van der Waals surface area contributed by atoms with E-state index in [9.17, 15) is 14.0 Å². The highest BCUT2D eigenvalue weighted by atomic mass is 19.1. The van der Waals surface area contributed by atoms with Crippen molar-refractivity contribution in [3.63, 3.8) is 0 Å². The number of fused-ring (bicyclic) bond motifs is 1. The molecule has 2 fully saturated rings. The molecule has 2 amide bonds. The van der Waals surface area contributed by atoms with E-state index in [1.165, 1.54) is 18.2 Å². The fraction of sp³-hybridized carbons (Fsp3) is 0.545. The Morgan fingerprint density at radius 2 is 2.14 bits per heavy atom. The van der Waals surface area contributed by atoms with Crippen LogP contribution in [0.4, 0.5) is 4.39 Å². The minimum Gasteiger partial charge on any atom is -0.339 e. The molecule has 3 rings (SSSR count). The maximum absolute atomic E-state index is 13.3. The maximum atomic E-state index is 13.3. The average Bonchev–Trinajstić information content (AvgIpc) is 2.67. The van der Waals surface area contributed by atoms with Gasteiger partial charge in [-0.2, -0.15) is 0 Å². The molecule has 152 valence electrons. The van der Waals surface area contributed by atoms with Crippen molar-refractivity contribution in [1.29, 1.82) is 0 Å². The Hall–Kier alpha value is -2.21. The zero-order valence-corrected chi connectivity index (χ0v) is 16.8. The van der Waals surface area contributed by atoms with E-state index in [4.69, 9.17) is 0 Å². The predicted molar refractivity (Wildman–Crippen MR) is 108 cm³/mol.